The van der Waals surface area contributed by atoms with E-state index in [9.17, 15) is 5.11 Å². The molecule has 3 fully saturated rings. The smallest absolute Gasteiger partial charge is 0.213 e. The predicted octanol–water partition coefficient (Wildman–Crippen LogP) is 3.16. The minimum absolute atomic E-state index is 0.132. The molecule has 2 aromatic heterocycles. The molecule has 0 radical (unpaired) electrons. The molecular weight excluding hydrogens is 442 g/mol. The van der Waals surface area contributed by atoms with Crippen molar-refractivity contribution >= 4 is 16.8 Å². The molecule has 1 N–H and O–H groups in total. The lowest BCUT2D eigenvalue weighted by Crippen LogP contribution is -2.57. The van der Waals surface area contributed by atoms with Crippen molar-refractivity contribution in [2.75, 3.05) is 50.8 Å². The zero-order chi connectivity index (χ0) is 23.6. The van der Waals surface area contributed by atoms with E-state index in [1.165, 1.54) is 18.4 Å². The summed E-state index contributed by atoms with van der Waals surface area (Å²) in [5, 5.41) is 15.2. The standard InChI is InChI=1S/C27H35N5O3/c33-23-9-11-30(12-10-23)16-20-6-8-26(28-15-20)34-19-21-5-7-22-18-32(14-13-31(22)17-21)27-24-3-1-2-4-25(24)35-29-27/h1-4,6,8,15,21-23,33H,5,7,9-14,16-19H2/t21-,22+/m1/s1. The molecular formula is C27H35N5O3. The van der Waals surface area contributed by atoms with Gasteiger partial charge in [0.15, 0.2) is 11.4 Å². The van der Waals surface area contributed by atoms with Crippen molar-refractivity contribution in [3.05, 3.63) is 48.2 Å². The average Bonchev–Trinajstić information content (AvgIpc) is 3.33. The van der Waals surface area contributed by atoms with Crippen LogP contribution in [-0.4, -0.2) is 83.1 Å². The summed E-state index contributed by atoms with van der Waals surface area (Å²) in [6, 6.07) is 12.8. The molecule has 5 heterocycles. The Kier molecular flexibility index (Phi) is 6.59. The quantitative estimate of drug-likeness (QED) is 0.580. The second-order valence-corrected chi connectivity index (χ2v) is 10.4. The Morgan fingerprint density at radius 3 is 2.71 bits per heavy atom. The van der Waals surface area contributed by atoms with Gasteiger partial charge in [-0.15, -0.1) is 0 Å². The van der Waals surface area contributed by atoms with Crippen LogP contribution >= 0.6 is 0 Å². The number of pyridine rings is 1. The van der Waals surface area contributed by atoms with E-state index in [1.54, 1.807) is 0 Å². The minimum Gasteiger partial charge on any atom is -0.477 e. The maximum Gasteiger partial charge on any atom is 0.213 e. The molecule has 0 saturated carbocycles. The number of fused-ring (bicyclic) bond motifs is 2. The fourth-order valence-corrected chi connectivity index (χ4v) is 5.82. The summed E-state index contributed by atoms with van der Waals surface area (Å²) in [5.41, 5.74) is 2.06. The van der Waals surface area contributed by atoms with Gasteiger partial charge in [-0.1, -0.05) is 23.4 Å². The number of hydrogen-bond donors (Lipinski definition) is 1. The van der Waals surface area contributed by atoms with E-state index < -0.39 is 0 Å². The highest BCUT2D eigenvalue weighted by molar-refractivity contribution is 5.88. The largest absolute Gasteiger partial charge is 0.477 e. The van der Waals surface area contributed by atoms with Crippen molar-refractivity contribution in [3.8, 4) is 5.88 Å². The lowest BCUT2D eigenvalue weighted by atomic mass is 9.91. The molecule has 0 unspecified atom stereocenters. The number of hydrogen-bond acceptors (Lipinski definition) is 8. The number of aliphatic hydroxyl groups is 1. The summed E-state index contributed by atoms with van der Waals surface area (Å²) in [6.45, 7) is 7.61. The number of ether oxygens (including phenoxy) is 1. The van der Waals surface area contributed by atoms with Crippen LogP contribution in [0.2, 0.25) is 0 Å². The molecule has 3 saturated heterocycles. The topological polar surface area (TPSA) is 78.1 Å². The van der Waals surface area contributed by atoms with Gasteiger partial charge in [-0.2, -0.15) is 0 Å². The Bertz CT molecular complexity index is 1110. The van der Waals surface area contributed by atoms with E-state index in [2.05, 4.69) is 37.0 Å². The molecule has 2 atom stereocenters. The van der Waals surface area contributed by atoms with E-state index >= 15 is 0 Å². The van der Waals surface area contributed by atoms with Crippen LogP contribution in [0.1, 0.15) is 31.2 Å². The Morgan fingerprint density at radius 1 is 0.971 bits per heavy atom. The number of nitrogens with zero attached hydrogens (tertiary/aromatic N) is 5. The third kappa shape index (κ3) is 5.15. The first kappa shape index (κ1) is 22.8. The summed E-state index contributed by atoms with van der Waals surface area (Å²) in [5.74, 6) is 2.23. The van der Waals surface area contributed by atoms with Gasteiger partial charge in [0, 0.05) is 70.0 Å². The van der Waals surface area contributed by atoms with Gasteiger partial charge in [0.25, 0.3) is 0 Å². The lowest BCUT2D eigenvalue weighted by molar-refractivity contribution is 0.0716. The van der Waals surface area contributed by atoms with Crippen LogP contribution in [0, 0.1) is 5.92 Å². The molecule has 3 aromatic rings. The number of benzene rings is 1. The zero-order valence-corrected chi connectivity index (χ0v) is 20.3. The fraction of sp³-hybridized carbons (Fsp3) is 0.556. The van der Waals surface area contributed by atoms with Crippen LogP contribution in [0.3, 0.4) is 0 Å². The molecule has 0 bridgehead atoms. The first-order valence-electron chi connectivity index (χ1n) is 13.0. The molecule has 6 rings (SSSR count). The third-order valence-corrected chi connectivity index (χ3v) is 7.89. The van der Waals surface area contributed by atoms with E-state index in [1.807, 2.05) is 30.5 Å². The molecule has 0 amide bonds. The number of aromatic nitrogens is 2. The molecule has 186 valence electrons. The van der Waals surface area contributed by atoms with E-state index in [-0.39, 0.29) is 6.10 Å². The van der Waals surface area contributed by atoms with Crippen LogP contribution in [0.5, 0.6) is 5.88 Å². The average molecular weight is 478 g/mol. The van der Waals surface area contributed by atoms with Gasteiger partial charge in [0.2, 0.25) is 5.88 Å². The van der Waals surface area contributed by atoms with Crippen molar-refractivity contribution in [3.63, 3.8) is 0 Å². The normalized spacial score (nSPS) is 24.5. The SMILES string of the molecule is OC1CCN(Cc2ccc(OC[C@@H]3CC[C@H]4CN(c5noc6ccccc56)CCN4C3)nc2)CC1. The van der Waals surface area contributed by atoms with Crippen LogP contribution in [0.4, 0.5) is 5.82 Å². The van der Waals surface area contributed by atoms with Gasteiger partial charge < -0.3 is 19.3 Å². The summed E-state index contributed by atoms with van der Waals surface area (Å²) < 4.78 is 11.6. The first-order chi connectivity index (χ1) is 17.2. The highest BCUT2D eigenvalue weighted by atomic mass is 16.5. The molecule has 35 heavy (non-hydrogen) atoms. The van der Waals surface area contributed by atoms with Crippen LogP contribution in [-0.2, 0) is 6.54 Å². The number of anilines is 1. The third-order valence-electron chi connectivity index (χ3n) is 7.89. The Morgan fingerprint density at radius 2 is 1.86 bits per heavy atom. The van der Waals surface area contributed by atoms with Crippen LogP contribution < -0.4 is 9.64 Å². The number of para-hydroxylation sites is 1. The second-order valence-electron chi connectivity index (χ2n) is 10.4. The van der Waals surface area contributed by atoms with Gasteiger partial charge in [-0.3, -0.25) is 9.80 Å². The molecule has 3 aliphatic heterocycles. The fourth-order valence-electron chi connectivity index (χ4n) is 5.82. The number of likely N-dealkylation sites (tertiary alicyclic amines) is 1. The molecule has 8 heteroatoms. The summed E-state index contributed by atoms with van der Waals surface area (Å²) >= 11 is 0. The summed E-state index contributed by atoms with van der Waals surface area (Å²) in [4.78, 5) is 12.0. The van der Waals surface area contributed by atoms with Crippen molar-refractivity contribution in [2.45, 2.75) is 44.4 Å². The molecule has 0 aliphatic carbocycles. The summed E-state index contributed by atoms with van der Waals surface area (Å²) in [7, 11) is 0. The summed E-state index contributed by atoms with van der Waals surface area (Å²) in [6.07, 6.45) is 5.88. The zero-order valence-electron chi connectivity index (χ0n) is 20.3. The van der Waals surface area contributed by atoms with Crippen molar-refractivity contribution in [1.29, 1.82) is 0 Å². The van der Waals surface area contributed by atoms with Crippen molar-refractivity contribution in [1.82, 2.24) is 19.9 Å². The predicted molar refractivity (Wildman–Crippen MR) is 135 cm³/mol. The van der Waals surface area contributed by atoms with Gasteiger partial charge in [0.1, 0.15) is 0 Å². The Labute approximate surface area is 206 Å². The maximum atomic E-state index is 9.68. The van der Waals surface area contributed by atoms with Gasteiger partial charge in [-0.25, -0.2) is 4.98 Å². The van der Waals surface area contributed by atoms with Gasteiger partial charge in [0.05, 0.1) is 18.1 Å². The van der Waals surface area contributed by atoms with Gasteiger partial charge >= 0.3 is 0 Å². The number of piperazine rings is 1. The minimum atomic E-state index is -0.132. The molecule has 1 aromatic carbocycles. The van der Waals surface area contributed by atoms with E-state index in [4.69, 9.17) is 9.26 Å². The first-order valence-corrected chi connectivity index (χ1v) is 13.0. The maximum absolute atomic E-state index is 9.68. The molecule has 8 nitrogen and oxygen atoms in total. The highest BCUT2D eigenvalue weighted by Crippen LogP contribution is 2.31. The van der Waals surface area contributed by atoms with E-state index in [0.717, 1.165) is 82.0 Å². The van der Waals surface area contributed by atoms with Crippen LogP contribution in [0.25, 0.3) is 11.0 Å². The number of rotatable bonds is 6. The second kappa shape index (κ2) is 10.1. The number of piperidine rings is 2. The van der Waals surface area contributed by atoms with Crippen molar-refractivity contribution < 1.29 is 14.4 Å². The van der Waals surface area contributed by atoms with Crippen LogP contribution in [0.15, 0.2) is 47.1 Å². The molecule has 0 spiro atoms. The van der Waals surface area contributed by atoms with E-state index in [0.29, 0.717) is 17.8 Å². The number of aliphatic hydroxyl groups excluding tert-OH is 1. The Balaban J connectivity index is 0.976. The molecule has 3 aliphatic rings. The van der Waals surface area contributed by atoms with Crippen molar-refractivity contribution in [2.24, 2.45) is 5.92 Å². The lowest BCUT2D eigenvalue weighted by Gasteiger charge is -2.46. The highest BCUT2D eigenvalue weighted by Gasteiger charge is 2.34. The van der Waals surface area contributed by atoms with Gasteiger partial charge in [-0.05, 0) is 43.4 Å². The monoisotopic (exact) mass is 477 g/mol. The Hall–Kier alpha value is -2.68.